The van der Waals surface area contributed by atoms with Crippen LogP contribution in [0, 0.1) is 0 Å². The van der Waals surface area contributed by atoms with Crippen LogP contribution in [0.15, 0.2) is 41.3 Å². The summed E-state index contributed by atoms with van der Waals surface area (Å²) in [5.74, 6) is -1.01. The Morgan fingerprint density at radius 2 is 1.76 bits per heavy atom. The minimum atomic E-state index is -4.70. The van der Waals surface area contributed by atoms with Gasteiger partial charge < -0.3 is 19.1 Å². The maximum atomic E-state index is 13.2. The van der Waals surface area contributed by atoms with Crippen LogP contribution in [-0.2, 0) is 9.84 Å². The van der Waals surface area contributed by atoms with Crippen molar-refractivity contribution >= 4 is 27.3 Å². The van der Waals surface area contributed by atoms with Crippen LogP contribution in [0.2, 0.25) is 5.02 Å². The molecule has 1 heterocycles. The van der Waals surface area contributed by atoms with E-state index in [1.165, 1.54) is 4.90 Å². The molecule has 0 radical (unpaired) electrons. The van der Waals surface area contributed by atoms with Crippen molar-refractivity contribution in [1.29, 1.82) is 0 Å². The monoisotopic (exact) mass is 507 g/mol. The number of carbonyl (C=O) groups is 1. The maximum absolute atomic E-state index is 13.2. The van der Waals surface area contributed by atoms with E-state index in [1.54, 1.807) is 24.3 Å². The van der Waals surface area contributed by atoms with E-state index >= 15 is 0 Å². The van der Waals surface area contributed by atoms with Crippen molar-refractivity contribution in [1.82, 2.24) is 4.90 Å². The summed E-state index contributed by atoms with van der Waals surface area (Å²) in [7, 11) is -2.73. The number of rotatable bonds is 7. The number of likely N-dealkylation sites (tertiary alicyclic amines) is 1. The van der Waals surface area contributed by atoms with Gasteiger partial charge >= 0.3 is 6.18 Å². The number of methoxy groups -OCH3 is 1. The maximum Gasteiger partial charge on any atom is 0.425 e. The van der Waals surface area contributed by atoms with E-state index in [0.717, 1.165) is 32.4 Å². The van der Waals surface area contributed by atoms with Gasteiger partial charge in [0.25, 0.3) is 5.91 Å². The third kappa shape index (κ3) is 5.64. The highest BCUT2D eigenvalue weighted by Gasteiger charge is 2.41. The molecule has 2 aromatic carbocycles. The molecule has 1 fully saturated rings. The van der Waals surface area contributed by atoms with Gasteiger partial charge in [0.2, 0.25) is 0 Å². The summed E-state index contributed by atoms with van der Waals surface area (Å²) in [4.78, 5) is 14.2. The number of sulfone groups is 1. The molecule has 0 unspecified atom stereocenters. The highest BCUT2D eigenvalue weighted by Crippen LogP contribution is 2.38. The van der Waals surface area contributed by atoms with Crippen molar-refractivity contribution in [3.63, 3.8) is 0 Å². The molecule has 0 aromatic heterocycles. The molecule has 0 N–H and O–H groups in total. The Hall–Kier alpha value is -2.66. The molecule has 0 bridgehead atoms. The van der Waals surface area contributed by atoms with E-state index in [1.807, 2.05) is 0 Å². The molecule has 3 rings (SSSR count). The van der Waals surface area contributed by atoms with Gasteiger partial charge in [-0.05, 0) is 43.3 Å². The topological polar surface area (TPSA) is 82.1 Å². The average Bonchev–Trinajstić information content (AvgIpc) is 2.69. The molecular formula is C21H21ClF3NO6S. The van der Waals surface area contributed by atoms with E-state index in [-0.39, 0.29) is 29.8 Å². The first-order valence-electron chi connectivity index (χ1n) is 9.67. The van der Waals surface area contributed by atoms with Gasteiger partial charge in [0.05, 0.1) is 20.2 Å². The summed E-state index contributed by atoms with van der Waals surface area (Å²) < 4.78 is 79.4. The first kappa shape index (κ1) is 25.0. The molecule has 1 aliphatic rings. The second-order valence-corrected chi connectivity index (χ2v) is 9.87. The molecule has 12 heteroatoms. The molecule has 1 atom stereocenters. The van der Waals surface area contributed by atoms with Gasteiger partial charge in [-0.3, -0.25) is 4.79 Å². The minimum absolute atomic E-state index is 0.127. The van der Waals surface area contributed by atoms with Gasteiger partial charge in [-0.25, -0.2) is 8.42 Å². The lowest BCUT2D eigenvalue weighted by Gasteiger charge is -2.39. The third-order valence-electron chi connectivity index (χ3n) is 4.92. The normalized spacial score (nSPS) is 15.5. The summed E-state index contributed by atoms with van der Waals surface area (Å²) in [6, 6.07) is 8.69. The van der Waals surface area contributed by atoms with Crippen molar-refractivity contribution < 1.29 is 40.6 Å². The zero-order valence-electron chi connectivity index (χ0n) is 17.8. The molecule has 0 saturated carbocycles. The van der Waals surface area contributed by atoms with Crippen LogP contribution in [-0.4, -0.2) is 64.1 Å². The first-order chi connectivity index (χ1) is 15.3. The molecule has 7 nitrogen and oxygen atoms in total. The lowest BCUT2D eigenvalue weighted by atomic mass is 10.1. The molecule has 1 aliphatic heterocycles. The van der Waals surface area contributed by atoms with E-state index in [0.29, 0.717) is 10.8 Å². The van der Waals surface area contributed by atoms with E-state index in [9.17, 15) is 26.4 Å². The zero-order chi connectivity index (χ0) is 24.6. The first-order valence-corrected chi connectivity index (χ1v) is 11.9. The summed E-state index contributed by atoms with van der Waals surface area (Å²) in [5, 5.41) is 0.534. The smallest absolute Gasteiger partial charge is 0.425 e. The molecular weight excluding hydrogens is 487 g/mol. The number of carbonyl (C=O) groups excluding carboxylic acids is 1. The number of alkyl halides is 3. The summed E-state index contributed by atoms with van der Waals surface area (Å²) >= 11 is 5.84. The van der Waals surface area contributed by atoms with Crippen molar-refractivity contribution in [2.75, 3.05) is 26.5 Å². The van der Waals surface area contributed by atoms with Crippen LogP contribution in [0.4, 0.5) is 13.2 Å². The molecule has 2 aromatic rings. The Morgan fingerprint density at radius 1 is 1.15 bits per heavy atom. The van der Waals surface area contributed by atoms with Crippen LogP contribution in [0.5, 0.6) is 17.2 Å². The molecule has 0 aliphatic carbocycles. The lowest BCUT2D eigenvalue weighted by Crippen LogP contribution is -2.56. The van der Waals surface area contributed by atoms with Crippen molar-refractivity contribution in [3.8, 4) is 17.2 Å². The van der Waals surface area contributed by atoms with E-state index in [4.69, 9.17) is 25.8 Å². The van der Waals surface area contributed by atoms with E-state index in [2.05, 4.69) is 0 Å². The highest BCUT2D eigenvalue weighted by molar-refractivity contribution is 7.90. The number of nitrogens with zero attached hydrogens (tertiary/aromatic N) is 1. The Kier molecular flexibility index (Phi) is 7.04. The minimum Gasteiger partial charge on any atom is -0.494 e. The van der Waals surface area contributed by atoms with Crippen molar-refractivity contribution in [3.05, 3.63) is 47.0 Å². The fourth-order valence-electron chi connectivity index (χ4n) is 3.14. The lowest BCUT2D eigenvalue weighted by molar-refractivity contribution is -0.189. The average molecular weight is 508 g/mol. The van der Waals surface area contributed by atoms with Crippen LogP contribution in [0.1, 0.15) is 17.3 Å². The quantitative estimate of drug-likeness (QED) is 0.564. The SMILES string of the molecule is COc1c(S(C)(=O)=O)ccc(O[C@@H](C)C(F)(F)F)c1C(=O)N1CC(Oc2ccc(Cl)cc2)C1. The number of ether oxygens (including phenoxy) is 3. The number of hydrogen-bond donors (Lipinski definition) is 0. The fraction of sp³-hybridized carbons (Fsp3) is 0.381. The Labute approximate surface area is 193 Å². The number of benzene rings is 2. The van der Waals surface area contributed by atoms with E-state index < -0.39 is 39.3 Å². The van der Waals surface area contributed by atoms with Gasteiger partial charge in [0.1, 0.15) is 28.1 Å². The molecule has 0 spiro atoms. The number of halogens is 4. The Balaban J connectivity index is 1.89. The van der Waals surface area contributed by atoms with Crippen molar-refractivity contribution in [2.24, 2.45) is 0 Å². The predicted octanol–water partition coefficient (Wildman–Crippen LogP) is 3.99. The van der Waals surface area contributed by atoms with Crippen LogP contribution < -0.4 is 14.2 Å². The summed E-state index contributed by atoms with van der Waals surface area (Å²) in [5.41, 5.74) is -0.401. The molecule has 1 amide bonds. The third-order valence-corrected chi connectivity index (χ3v) is 6.29. The van der Waals surface area contributed by atoms with Gasteiger partial charge in [0.15, 0.2) is 21.7 Å². The summed E-state index contributed by atoms with van der Waals surface area (Å²) in [6.07, 6.45) is -6.40. The van der Waals surface area contributed by atoms with Crippen LogP contribution >= 0.6 is 11.6 Å². The number of amides is 1. The van der Waals surface area contributed by atoms with Gasteiger partial charge in [-0.15, -0.1) is 0 Å². The molecule has 180 valence electrons. The van der Waals surface area contributed by atoms with Gasteiger partial charge in [0, 0.05) is 11.3 Å². The Bertz CT molecular complexity index is 1130. The zero-order valence-corrected chi connectivity index (χ0v) is 19.4. The van der Waals surface area contributed by atoms with Gasteiger partial charge in [-0.2, -0.15) is 13.2 Å². The largest absolute Gasteiger partial charge is 0.494 e. The fourth-order valence-corrected chi connectivity index (χ4v) is 4.10. The van der Waals surface area contributed by atoms with Gasteiger partial charge in [-0.1, -0.05) is 11.6 Å². The number of hydrogen-bond acceptors (Lipinski definition) is 6. The predicted molar refractivity (Wildman–Crippen MR) is 114 cm³/mol. The van der Waals surface area contributed by atoms with Crippen molar-refractivity contribution in [2.45, 2.75) is 30.2 Å². The second-order valence-electron chi connectivity index (χ2n) is 7.45. The van der Waals surface area contributed by atoms with Crippen LogP contribution in [0.25, 0.3) is 0 Å². The van der Waals surface area contributed by atoms with Crippen LogP contribution in [0.3, 0.4) is 0 Å². The summed E-state index contributed by atoms with van der Waals surface area (Å²) in [6.45, 7) is 1.04. The standard InChI is InChI=1S/C21H21ClF3NO6S/c1-12(21(23,24)25)31-16-8-9-17(33(3,28)29)19(30-2)18(16)20(27)26-10-15(11-26)32-14-6-4-13(22)5-7-14/h4-9,12,15H,10-11H2,1-3H3/t12-/m0/s1. The molecule has 33 heavy (non-hydrogen) atoms. The molecule has 1 saturated heterocycles. The Morgan fingerprint density at radius 3 is 2.27 bits per heavy atom. The second kappa shape index (κ2) is 9.30. The highest BCUT2D eigenvalue weighted by atomic mass is 35.5.